The van der Waals surface area contributed by atoms with Gasteiger partial charge >= 0.3 is 5.97 Å². The van der Waals surface area contributed by atoms with Gasteiger partial charge in [-0.3, -0.25) is 0 Å². The zero-order valence-corrected chi connectivity index (χ0v) is 14.7. The molecule has 0 radical (unpaired) electrons. The fraction of sp³-hybridized carbons (Fsp3) is 0.158. The number of aromatic amines is 1. The predicted molar refractivity (Wildman–Crippen MR) is 95.6 cm³/mol. The minimum atomic E-state index is -0.576. The lowest BCUT2D eigenvalue weighted by molar-refractivity contribution is 0.0516. The van der Waals surface area contributed by atoms with Crippen LogP contribution in [0.5, 0.6) is 17.5 Å². The number of hydrogen-bond donors (Lipinski definition) is 1. The summed E-state index contributed by atoms with van der Waals surface area (Å²) in [5.41, 5.74) is 1.63. The summed E-state index contributed by atoms with van der Waals surface area (Å²) in [5, 5.41) is 9.80. The highest BCUT2D eigenvalue weighted by molar-refractivity contribution is 5.89. The van der Waals surface area contributed by atoms with Crippen LogP contribution in [-0.4, -0.2) is 40.1 Å². The maximum absolute atomic E-state index is 11.8. The minimum absolute atomic E-state index is 0.0524. The number of nitrogens with zero attached hydrogens (tertiary/aromatic N) is 3. The largest absolute Gasteiger partial charge is 0.481 e. The number of carbonyl (C=O) groups is 1. The molecule has 0 amide bonds. The molecule has 136 valence electrons. The van der Waals surface area contributed by atoms with Crippen molar-refractivity contribution in [1.29, 1.82) is 0 Å². The van der Waals surface area contributed by atoms with Gasteiger partial charge in [0.2, 0.25) is 11.6 Å². The van der Waals surface area contributed by atoms with Gasteiger partial charge in [0.1, 0.15) is 5.75 Å². The third-order valence-corrected chi connectivity index (χ3v) is 3.36. The molecule has 0 fully saturated rings. The van der Waals surface area contributed by atoms with E-state index in [0.717, 1.165) is 11.1 Å². The number of methoxy groups -OCH3 is 1. The molecule has 0 unspecified atom stereocenters. The number of nitrogens with one attached hydrogen (secondary N) is 1. The highest BCUT2D eigenvalue weighted by Crippen LogP contribution is 2.22. The lowest BCUT2D eigenvalue weighted by Crippen LogP contribution is -2.06. The van der Waals surface area contributed by atoms with Gasteiger partial charge in [0.05, 0.1) is 13.7 Å². The fourth-order valence-corrected chi connectivity index (χ4v) is 2.06. The van der Waals surface area contributed by atoms with Crippen LogP contribution in [0.3, 0.4) is 0 Å². The van der Waals surface area contributed by atoms with E-state index < -0.39 is 5.97 Å². The first-order chi connectivity index (χ1) is 13.2. The molecule has 3 aromatic rings. The number of benzene rings is 1. The first-order valence-electron chi connectivity index (χ1n) is 8.07. The van der Waals surface area contributed by atoms with Crippen LogP contribution in [-0.2, 0) is 4.74 Å². The van der Waals surface area contributed by atoms with Gasteiger partial charge in [-0.2, -0.15) is 0 Å². The number of esters is 1. The summed E-state index contributed by atoms with van der Waals surface area (Å²) in [6, 6.07) is 10.6. The minimum Gasteiger partial charge on any atom is -0.481 e. The zero-order chi connectivity index (χ0) is 19.1. The molecule has 1 N–H and O–H groups in total. The van der Waals surface area contributed by atoms with E-state index >= 15 is 0 Å². The van der Waals surface area contributed by atoms with Gasteiger partial charge < -0.3 is 14.2 Å². The number of H-pyrrole nitrogens is 1. The molecule has 0 atom stereocenters. The Morgan fingerprint density at radius 3 is 2.52 bits per heavy atom. The van der Waals surface area contributed by atoms with Gasteiger partial charge in [-0.05, 0) is 37.3 Å². The monoisotopic (exact) mass is 364 g/mol. The summed E-state index contributed by atoms with van der Waals surface area (Å²) in [6.07, 6.45) is 1.64. The Balaban J connectivity index is 1.69. The molecule has 0 bridgehead atoms. The Kier molecular flexibility index (Phi) is 5.64. The Labute approximate surface area is 155 Å². The van der Waals surface area contributed by atoms with E-state index in [-0.39, 0.29) is 18.2 Å². The number of rotatable bonds is 5. The van der Waals surface area contributed by atoms with Crippen molar-refractivity contribution in [3.05, 3.63) is 59.4 Å². The summed E-state index contributed by atoms with van der Waals surface area (Å²) in [5.74, 6) is 6.56. The summed E-state index contributed by atoms with van der Waals surface area (Å²) < 4.78 is 15.5. The fourth-order valence-electron chi connectivity index (χ4n) is 2.06. The van der Waals surface area contributed by atoms with Crippen molar-refractivity contribution in [2.75, 3.05) is 13.7 Å². The van der Waals surface area contributed by atoms with Crippen molar-refractivity contribution < 1.29 is 19.0 Å². The number of carbonyl (C=O) groups excluding carboxylic acids is 1. The lowest BCUT2D eigenvalue weighted by atomic mass is 10.2. The number of pyridine rings is 1. The van der Waals surface area contributed by atoms with E-state index in [1.807, 2.05) is 6.07 Å². The molecule has 0 aliphatic carbocycles. The molecule has 3 rings (SSSR count). The SMILES string of the molecule is CCOC(=O)c1[nH]nnc1Oc1ccc(C#Cc2ccc(OC)nc2)cc1. The van der Waals surface area contributed by atoms with Crippen LogP contribution in [0, 0.1) is 11.8 Å². The third-order valence-electron chi connectivity index (χ3n) is 3.36. The Morgan fingerprint density at radius 2 is 1.85 bits per heavy atom. The average Bonchev–Trinajstić information content (AvgIpc) is 3.16. The number of hydrogen-bond acceptors (Lipinski definition) is 7. The van der Waals surface area contributed by atoms with Crippen molar-refractivity contribution in [2.24, 2.45) is 0 Å². The van der Waals surface area contributed by atoms with Gasteiger partial charge in [-0.1, -0.05) is 22.2 Å². The van der Waals surface area contributed by atoms with Crippen LogP contribution >= 0.6 is 0 Å². The first kappa shape index (κ1) is 17.9. The lowest BCUT2D eigenvalue weighted by Gasteiger charge is -2.04. The topological polar surface area (TPSA) is 99.2 Å². The molecule has 8 nitrogen and oxygen atoms in total. The first-order valence-corrected chi connectivity index (χ1v) is 8.07. The van der Waals surface area contributed by atoms with Crippen molar-refractivity contribution >= 4 is 5.97 Å². The standard InChI is InChI=1S/C19H16N4O4/c1-3-26-19(24)17-18(22-23-21-17)27-15-9-6-13(7-10-15)4-5-14-8-11-16(25-2)20-12-14/h6-12H,3H2,1-2H3,(H,21,22,23). The van der Waals surface area contributed by atoms with Crippen LogP contribution in [0.15, 0.2) is 42.6 Å². The second-order valence-corrected chi connectivity index (χ2v) is 5.18. The van der Waals surface area contributed by atoms with E-state index in [2.05, 4.69) is 32.2 Å². The van der Waals surface area contributed by atoms with Gasteiger partial charge in [0, 0.05) is 23.4 Å². The smallest absolute Gasteiger partial charge is 0.362 e. The second kappa shape index (κ2) is 8.49. The zero-order valence-electron chi connectivity index (χ0n) is 14.7. The predicted octanol–water partition coefficient (Wildman–Crippen LogP) is 2.58. The Morgan fingerprint density at radius 1 is 1.11 bits per heavy atom. The van der Waals surface area contributed by atoms with Gasteiger partial charge in [-0.25, -0.2) is 14.9 Å². The number of aromatic nitrogens is 4. The molecular formula is C19H16N4O4. The molecule has 0 saturated carbocycles. The van der Waals surface area contributed by atoms with Gasteiger partial charge in [0.25, 0.3) is 5.88 Å². The van der Waals surface area contributed by atoms with E-state index in [0.29, 0.717) is 11.6 Å². The molecule has 0 aliphatic rings. The Hall–Kier alpha value is -3.86. The molecule has 2 heterocycles. The van der Waals surface area contributed by atoms with Crippen LogP contribution < -0.4 is 9.47 Å². The van der Waals surface area contributed by atoms with Crippen molar-refractivity contribution in [3.63, 3.8) is 0 Å². The molecule has 1 aromatic carbocycles. The molecule has 27 heavy (non-hydrogen) atoms. The molecule has 0 saturated heterocycles. The average molecular weight is 364 g/mol. The van der Waals surface area contributed by atoms with E-state index in [4.69, 9.17) is 14.2 Å². The van der Waals surface area contributed by atoms with Gasteiger partial charge in [0.15, 0.2) is 0 Å². The highest BCUT2D eigenvalue weighted by atomic mass is 16.5. The number of ether oxygens (including phenoxy) is 3. The molecular weight excluding hydrogens is 348 g/mol. The molecule has 0 aliphatic heterocycles. The second-order valence-electron chi connectivity index (χ2n) is 5.18. The summed E-state index contributed by atoms with van der Waals surface area (Å²) >= 11 is 0. The molecule has 8 heteroatoms. The molecule has 0 spiro atoms. The Bertz CT molecular complexity index is 969. The van der Waals surface area contributed by atoms with E-state index in [1.165, 1.54) is 0 Å². The van der Waals surface area contributed by atoms with Crippen LogP contribution in [0.4, 0.5) is 0 Å². The van der Waals surface area contributed by atoms with Crippen LogP contribution in [0.2, 0.25) is 0 Å². The normalized spacial score (nSPS) is 9.85. The highest BCUT2D eigenvalue weighted by Gasteiger charge is 2.18. The third kappa shape index (κ3) is 4.61. The summed E-state index contributed by atoms with van der Waals surface area (Å²) in [4.78, 5) is 15.9. The summed E-state index contributed by atoms with van der Waals surface area (Å²) in [7, 11) is 1.56. The van der Waals surface area contributed by atoms with Crippen molar-refractivity contribution in [2.45, 2.75) is 6.92 Å². The maximum Gasteiger partial charge on any atom is 0.362 e. The van der Waals surface area contributed by atoms with Crippen molar-refractivity contribution in [3.8, 4) is 29.4 Å². The van der Waals surface area contributed by atoms with Crippen molar-refractivity contribution in [1.82, 2.24) is 20.4 Å². The van der Waals surface area contributed by atoms with E-state index in [9.17, 15) is 4.79 Å². The molecule has 2 aromatic heterocycles. The van der Waals surface area contributed by atoms with Crippen LogP contribution in [0.1, 0.15) is 28.5 Å². The van der Waals surface area contributed by atoms with Gasteiger partial charge in [-0.15, -0.1) is 0 Å². The van der Waals surface area contributed by atoms with E-state index in [1.54, 1.807) is 50.6 Å². The van der Waals surface area contributed by atoms with Crippen LogP contribution in [0.25, 0.3) is 0 Å². The quantitative estimate of drug-likeness (QED) is 0.549. The maximum atomic E-state index is 11.8. The summed E-state index contributed by atoms with van der Waals surface area (Å²) in [6.45, 7) is 1.96.